The number of amides is 1. The number of carbonyl (C=O) groups is 1. The van der Waals surface area contributed by atoms with Crippen LogP contribution in [0.4, 0.5) is 11.4 Å². The number of nitro benzene ring substituents is 1. The van der Waals surface area contributed by atoms with Crippen molar-refractivity contribution in [1.29, 1.82) is 0 Å². The molecule has 110 valence electrons. The third kappa shape index (κ3) is 3.92. The first-order valence-electron chi connectivity index (χ1n) is 5.75. The maximum Gasteiger partial charge on any atom is 0.310 e. The summed E-state index contributed by atoms with van der Waals surface area (Å²) in [7, 11) is -3.73. The molecule has 0 aliphatic carbocycles. The minimum absolute atomic E-state index is 0.0100. The van der Waals surface area contributed by atoms with Gasteiger partial charge in [-0.2, -0.15) is 0 Å². The summed E-state index contributed by atoms with van der Waals surface area (Å²) in [4.78, 5) is 21.2. The zero-order valence-corrected chi connectivity index (χ0v) is 11.9. The van der Waals surface area contributed by atoms with E-state index in [2.05, 4.69) is 10.6 Å². The van der Waals surface area contributed by atoms with Crippen molar-refractivity contribution in [2.45, 2.75) is 11.8 Å². The highest BCUT2D eigenvalue weighted by Gasteiger charge is 2.26. The van der Waals surface area contributed by atoms with Gasteiger partial charge in [0.1, 0.15) is 10.6 Å². The predicted molar refractivity (Wildman–Crippen MR) is 73.4 cm³/mol. The SMILES string of the molecule is CCNC(=O)CNc1cccc(S(C)(=O)=O)c1[N+](=O)[O-]. The van der Waals surface area contributed by atoms with Crippen LogP contribution in [0, 0.1) is 10.1 Å². The van der Waals surface area contributed by atoms with Crippen LogP contribution in [0.1, 0.15) is 6.92 Å². The van der Waals surface area contributed by atoms with Crippen molar-refractivity contribution < 1.29 is 18.1 Å². The molecule has 0 spiro atoms. The van der Waals surface area contributed by atoms with Crippen LogP contribution in [-0.2, 0) is 14.6 Å². The monoisotopic (exact) mass is 301 g/mol. The number of hydrogen-bond donors (Lipinski definition) is 2. The molecular weight excluding hydrogens is 286 g/mol. The Kier molecular flexibility index (Phi) is 5.03. The van der Waals surface area contributed by atoms with Crippen molar-refractivity contribution in [2.24, 2.45) is 0 Å². The van der Waals surface area contributed by atoms with E-state index in [1.807, 2.05) is 0 Å². The van der Waals surface area contributed by atoms with Gasteiger partial charge in [-0.25, -0.2) is 8.42 Å². The average Bonchev–Trinajstić information content (AvgIpc) is 2.35. The Hall–Kier alpha value is -2.16. The number of anilines is 1. The van der Waals surface area contributed by atoms with Crippen LogP contribution in [-0.4, -0.2) is 38.6 Å². The fraction of sp³-hybridized carbons (Fsp3) is 0.364. The van der Waals surface area contributed by atoms with Gasteiger partial charge in [0, 0.05) is 12.8 Å². The van der Waals surface area contributed by atoms with E-state index in [1.54, 1.807) is 6.92 Å². The van der Waals surface area contributed by atoms with Gasteiger partial charge < -0.3 is 10.6 Å². The topological polar surface area (TPSA) is 118 Å². The van der Waals surface area contributed by atoms with E-state index in [9.17, 15) is 23.3 Å². The predicted octanol–water partition coefficient (Wildman–Crippen LogP) is 0.546. The molecule has 20 heavy (non-hydrogen) atoms. The van der Waals surface area contributed by atoms with Crippen LogP contribution in [0.2, 0.25) is 0 Å². The van der Waals surface area contributed by atoms with E-state index in [4.69, 9.17) is 0 Å². The number of hydrogen-bond acceptors (Lipinski definition) is 6. The molecule has 1 aromatic carbocycles. The number of nitrogens with one attached hydrogen (secondary N) is 2. The summed E-state index contributed by atoms with van der Waals surface area (Å²) in [5, 5.41) is 16.2. The van der Waals surface area contributed by atoms with Gasteiger partial charge in [-0.15, -0.1) is 0 Å². The Balaban J connectivity index is 3.14. The second-order valence-corrected chi connectivity index (χ2v) is 5.97. The zero-order chi connectivity index (χ0) is 15.3. The number of nitro groups is 1. The molecule has 1 aromatic rings. The molecule has 1 amide bonds. The lowest BCUT2D eigenvalue weighted by Crippen LogP contribution is -2.29. The van der Waals surface area contributed by atoms with Crippen molar-refractivity contribution in [3.63, 3.8) is 0 Å². The van der Waals surface area contributed by atoms with E-state index in [0.29, 0.717) is 6.54 Å². The van der Waals surface area contributed by atoms with Crippen molar-refractivity contribution in [3.05, 3.63) is 28.3 Å². The maximum atomic E-state index is 11.5. The number of benzene rings is 1. The van der Waals surface area contributed by atoms with Crippen molar-refractivity contribution in [2.75, 3.05) is 24.7 Å². The normalized spacial score (nSPS) is 10.9. The fourth-order valence-electron chi connectivity index (χ4n) is 1.59. The summed E-state index contributed by atoms with van der Waals surface area (Å²) >= 11 is 0. The van der Waals surface area contributed by atoms with Gasteiger partial charge in [0.15, 0.2) is 9.84 Å². The number of nitrogens with zero attached hydrogens (tertiary/aromatic N) is 1. The van der Waals surface area contributed by atoms with Gasteiger partial charge in [-0.3, -0.25) is 14.9 Å². The lowest BCUT2D eigenvalue weighted by molar-refractivity contribution is -0.386. The molecule has 9 heteroatoms. The standard InChI is InChI=1S/C11H15N3O5S/c1-3-12-10(15)7-13-8-5-4-6-9(20(2,18)19)11(8)14(16)17/h4-6,13H,3,7H2,1-2H3,(H,12,15). The van der Waals surface area contributed by atoms with Crippen LogP contribution >= 0.6 is 0 Å². The van der Waals surface area contributed by atoms with E-state index in [-0.39, 0.29) is 23.0 Å². The molecule has 0 atom stereocenters. The Morgan fingerprint density at radius 2 is 2.05 bits per heavy atom. The number of likely N-dealkylation sites (N-methyl/N-ethyl adjacent to an activating group) is 1. The molecule has 0 heterocycles. The van der Waals surface area contributed by atoms with Gasteiger partial charge in [0.25, 0.3) is 0 Å². The van der Waals surface area contributed by atoms with Crippen molar-refractivity contribution >= 4 is 27.1 Å². The number of sulfone groups is 1. The maximum absolute atomic E-state index is 11.5. The summed E-state index contributed by atoms with van der Waals surface area (Å²) in [6.45, 7) is 2.00. The molecule has 0 unspecified atom stereocenters. The molecule has 2 N–H and O–H groups in total. The van der Waals surface area contributed by atoms with E-state index < -0.39 is 20.4 Å². The summed E-state index contributed by atoms with van der Waals surface area (Å²) in [6.07, 6.45) is 0.892. The average molecular weight is 301 g/mol. The fourth-order valence-corrected chi connectivity index (χ4v) is 2.45. The van der Waals surface area contributed by atoms with Crippen LogP contribution < -0.4 is 10.6 Å². The molecule has 0 fully saturated rings. The Morgan fingerprint density at radius 3 is 2.55 bits per heavy atom. The summed E-state index contributed by atoms with van der Waals surface area (Å²) in [5.41, 5.74) is -0.566. The smallest absolute Gasteiger partial charge is 0.310 e. The highest BCUT2D eigenvalue weighted by Crippen LogP contribution is 2.31. The lowest BCUT2D eigenvalue weighted by Gasteiger charge is -2.09. The summed E-state index contributed by atoms with van der Waals surface area (Å²) in [5.74, 6) is -0.341. The molecule has 0 saturated heterocycles. The molecule has 1 rings (SSSR count). The Morgan fingerprint density at radius 1 is 1.40 bits per heavy atom. The number of carbonyl (C=O) groups excluding carboxylic acids is 1. The largest absolute Gasteiger partial charge is 0.371 e. The van der Waals surface area contributed by atoms with Gasteiger partial charge in [-0.1, -0.05) is 6.07 Å². The molecule has 0 saturated carbocycles. The molecular formula is C11H15N3O5S. The minimum atomic E-state index is -3.73. The second-order valence-electron chi connectivity index (χ2n) is 3.99. The van der Waals surface area contributed by atoms with Crippen molar-refractivity contribution in [1.82, 2.24) is 5.32 Å². The molecule has 0 aromatic heterocycles. The molecule has 0 aliphatic rings. The number of rotatable bonds is 6. The van der Waals surface area contributed by atoms with Crippen LogP contribution in [0.3, 0.4) is 0 Å². The van der Waals surface area contributed by atoms with Gasteiger partial charge in [-0.05, 0) is 19.1 Å². The first-order valence-corrected chi connectivity index (χ1v) is 7.64. The van der Waals surface area contributed by atoms with Crippen LogP contribution in [0.15, 0.2) is 23.1 Å². The molecule has 8 nitrogen and oxygen atoms in total. The summed E-state index contributed by atoms with van der Waals surface area (Å²) in [6, 6.07) is 3.89. The van der Waals surface area contributed by atoms with Gasteiger partial charge in [0.05, 0.1) is 11.5 Å². The number of para-hydroxylation sites is 1. The van der Waals surface area contributed by atoms with Gasteiger partial charge in [0.2, 0.25) is 5.91 Å². The molecule has 0 radical (unpaired) electrons. The van der Waals surface area contributed by atoms with E-state index in [1.165, 1.54) is 12.1 Å². The first kappa shape index (κ1) is 15.9. The zero-order valence-electron chi connectivity index (χ0n) is 11.0. The summed E-state index contributed by atoms with van der Waals surface area (Å²) < 4.78 is 23.1. The molecule has 0 bridgehead atoms. The third-order valence-electron chi connectivity index (χ3n) is 2.39. The molecule has 0 aliphatic heterocycles. The Labute approximate surface area is 116 Å². The first-order chi connectivity index (χ1) is 9.27. The van der Waals surface area contributed by atoms with Crippen molar-refractivity contribution in [3.8, 4) is 0 Å². The van der Waals surface area contributed by atoms with Crippen LogP contribution in [0.5, 0.6) is 0 Å². The highest BCUT2D eigenvalue weighted by molar-refractivity contribution is 7.90. The second kappa shape index (κ2) is 6.33. The van der Waals surface area contributed by atoms with E-state index >= 15 is 0 Å². The third-order valence-corrected chi connectivity index (χ3v) is 3.52. The van der Waals surface area contributed by atoms with E-state index in [0.717, 1.165) is 12.3 Å². The van der Waals surface area contributed by atoms with Crippen LogP contribution in [0.25, 0.3) is 0 Å². The highest BCUT2D eigenvalue weighted by atomic mass is 32.2. The van der Waals surface area contributed by atoms with Gasteiger partial charge >= 0.3 is 5.69 Å². The lowest BCUT2D eigenvalue weighted by atomic mass is 10.2. The quantitative estimate of drug-likeness (QED) is 0.585. The minimum Gasteiger partial charge on any atom is -0.371 e. The Bertz CT molecular complexity index is 627.